The summed E-state index contributed by atoms with van der Waals surface area (Å²) in [6.07, 6.45) is -5.69. The fourth-order valence-electron chi connectivity index (χ4n) is 2.65. The van der Waals surface area contributed by atoms with Gasteiger partial charge < -0.3 is 14.9 Å². The number of nitrogens with zero attached hydrogens (tertiary/aromatic N) is 2. The summed E-state index contributed by atoms with van der Waals surface area (Å²) < 4.78 is 44.2. The average molecular weight is 400 g/mol. The van der Waals surface area contributed by atoms with Crippen LogP contribution in [0.15, 0.2) is 60.7 Å². The summed E-state index contributed by atoms with van der Waals surface area (Å²) in [4.78, 5) is 4.29. The van der Waals surface area contributed by atoms with Gasteiger partial charge in [-0.2, -0.15) is 18.4 Å². The predicted molar refractivity (Wildman–Crippen MR) is 98.0 cm³/mol. The highest BCUT2D eigenvalue weighted by atomic mass is 19.4. The van der Waals surface area contributed by atoms with E-state index in [2.05, 4.69) is 4.98 Å². The summed E-state index contributed by atoms with van der Waals surface area (Å²) in [5.41, 5.74) is 0.0882. The van der Waals surface area contributed by atoms with Gasteiger partial charge in [0, 0.05) is 5.56 Å². The minimum Gasteiger partial charge on any atom is -0.457 e. The topological polar surface area (TPSA) is 86.4 Å². The van der Waals surface area contributed by atoms with Gasteiger partial charge in [-0.15, -0.1) is 0 Å². The third kappa shape index (κ3) is 4.71. The van der Waals surface area contributed by atoms with E-state index in [1.54, 1.807) is 42.5 Å². The number of halogens is 3. The van der Waals surface area contributed by atoms with Crippen LogP contribution >= 0.6 is 0 Å². The smallest absolute Gasteiger partial charge is 0.417 e. The maximum Gasteiger partial charge on any atom is 0.417 e. The molecule has 0 radical (unpaired) electrons. The number of pyridine rings is 1. The van der Waals surface area contributed by atoms with E-state index in [0.717, 1.165) is 23.8 Å². The van der Waals surface area contributed by atoms with E-state index < -0.39 is 30.0 Å². The molecule has 0 fully saturated rings. The summed E-state index contributed by atoms with van der Waals surface area (Å²) in [6, 6.07) is 16.2. The van der Waals surface area contributed by atoms with Gasteiger partial charge in [-0.05, 0) is 54.6 Å². The van der Waals surface area contributed by atoms with Crippen molar-refractivity contribution in [1.82, 2.24) is 4.98 Å². The molecule has 0 spiro atoms. The molecule has 2 N–H and O–H groups in total. The van der Waals surface area contributed by atoms with E-state index in [1.807, 2.05) is 0 Å². The minimum absolute atomic E-state index is 0.105. The van der Waals surface area contributed by atoms with Crippen molar-refractivity contribution < 1.29 is 28.1 Å². The van der Waals surface area contributed by atoms with Crippen molar-refractivity contribution in [1.29, 1.82) is 5.26 Å². The average Bonchev–Trinajstić information content (AvgIpc) is 2.73. The highest BCUT2D eigenvalue weighted by Gasteiger charge is 2.33. The SMILES string of the molecule is N#Cc1cc(Oc2ccc(-c3cccc(C(O)CO)n3)cc2)ccc1C(F)(F)F. The first-order valence-electron chi connectivity index (χ1n) is 8.47. The zero-order chi connectivity index (χ0) is 21.0. The Bertz CT molecular complexity index is 1040. The first-order valence-corrected chi connectivity index (χ1v) is 8.47. The van der Waals surface area contributed by atoms with Crippen LogP contribution in [0.2, 0.25) is 0 Å². The molecule has 2 aromatic carbocycles. The molecule has 0 saturated carbocycles. The molecule has 3 rings (SSSR count). The molecule has 0 bridgehead atoms. The Hall–Kier alpha value is -3.41. The number of benzene rings is 2. The van der Waals surface area contributed by atoms with Crippen LogP contribution in [0.1, 0.15) is 22.9 Å². The molecule has 0 saturated heterocycles. The third-order valence-electron chi connectivity index (χ3n) is 4.09. The van der Waals surface area contributed by atoms with E-state index in [4.69, 9.17) is 15.1 Å². The van der Waals surface area contributed by atoms with Gasteiger partial charge >= 0.3 is 6.18 Å². The Morgan fingerprint density at radius 1 is 1.03 bits per heavy atom. The van der Waals surface area contributed by atoms with Crippen molar-refractivity contribution >= 4 is 0 Å². The van der Waals surface area contributed by atoms with Gasteiger partial charge in [0.05, 0.1) is 35.2 Å². The van der Waals surface area contributed by atoms with Crippen molar-refractivity contribution in [2.45, 2.75) is 12.3 Å². The molecule has 8 heteroatoms. The van der Waals surface area contributed by atoms with Gasteiger partial charge in [-0.1, -0.05) is 6.07 Å². The maximum absolute atomic E-state index is 12.9. The van der Waals surface area contributed by atoms with Crippen molar-refractivity contribution in [3.05, 3.63) is 77.5 Å². The van der Waals surface area contributed by atoms with Crippen LogP contribution in [0.3, 0.4) is 0 Å². The number of hydrogen-bond acceptors (Lipinski definition) is 5. The van der Waals surface area contributed by atoms with Crippen LogP contribution in [0, 0.1) is 11.3 Å². The molecule has 1 aromatic heterocycles. The van der Waals surface area contributed by atoms with Crippen LogP contribution in [-0.2, 0) is 6.18 Å². The van der Waals surface area contributed by atoms with E-state index in [1.165, 1.54) is 6.07 Å². The van der Waals surface area contributed by atoms with Gasteiger partial charge in [-0.25, -0.2) is 4.98 Å². The Labute approximate surface area is 164 Å². The fraction of sp³-hybridized carbons (Fsp3) is 0.143. The molecule has 148 valence electrons. The van der Waals surface area contributed by atoms with Crippen LogP contribution in [-0.4, -0.2) is 21.8 Å². The van der Waals surface area contributed by atoms with Crippen molar-refractivity contribution in [3.63, 3.8) is 0 Å². The summed E-state index contributed by atoms with van der Waals surface area (Å²) in [5, 5.41) is 27.7. The second-order valence-electron chi connectivity index (χ2n) is 6.09. The van der Waals surface area contributed by atoms with Gasteiger partial charge in [0.1, 0.15) is 17.6 Å². The molecule has 29 heavy (non-hydrogen) atoms. The molecule has 1 heterocycles. The molecule has 1 unspecified atom stereocenters. The number of aliphatic hydroxyl groups is 2. The molecule has 0 amide bonds. The number of alkyl halides is 3. The molecule has 0 aliphatic heterocycles. The first kappa shape index (κ1) is 20.3. The highest BCUT2D eigenvalue weighted by molar-refractivity contribution is 5.60. The summed E-state index contributed by atoms with van der Waals surface area (Å²) in [5.74, 6) is 0.470. The normalized spacial score (nSPS) is 12.3. The number of hydrogen-bond donors (Lipinski definition) is 2. The molecule has 3 aromatic rings. The molecule has 5 nitrogen and oxygen atoms in total. The Morgan fingerprint density at radius 2 is 1.72 bits per heavy atom. The first-order chi connectivity index (χ1) is 13.8. The summed E-state index contributed by atoms with van der Waals surface area (Å²) in [6.45, 7) is -0.443. The lowest BCUT2D eigenvalue weighted by Crippen LogP contribution is -2.07. The zero-order valence-electron chi connectivity index (χ0n) is 14.9. The molecular weight excluding hydrogens is 385 g/mol. The molecule has 0 aliphatic carbocycles. The largest absolute Gasteiger partial charge is 0.457 e. The number of aliphatic hydroxyl groups excluding tert-OH is 2. The number of aromatic nitrogens is 1. The Morgan fingerprint density at radius 3 is 2.34 bits per heavy atom. The second-order valence-corrected chi connectivity index (χ2v) is 6.09. The van der Waals surface area contributed by atoms with Gasteiger partial charge in [0.25, 0.3) is 0 Å². The lowest BCUT2D eigenvalue weighted by molar-refractivity contribution is -0.137. The fourth-order valence-corrected chi connectivity index (χ4v) is 2.65. The monoisotopic (exact) mass is 400 g/mol. The predicted octanol–water partition coefficient (Wildman–Crippen LogP) is 4.46. The standard InChI is InChI=1S/C21H15F3N2O3/c22-21(23,24)17-9-8-16(10-14(17)11-25)29-15-6-4-13(5-7-15)18-2-1-3-19(26-18)20(28)12-27/h1-10,20,27-28H,12H2. The quantitative estimate of drug-likeness (QED) is 0.661. The second kappa shape index (κ2) is 8.31. The van der Waals surface area contributed by atoms with Crippen LogP contribution in [0.25, 0.3) is 11.3 Å². The highest BCUT2D eigenvalue weighted by Crippen LogP contribution is 2.34. The van der Waals surface area contributed by atoms with Crippen molar-refractivity contribution in [3.8, 4) is 28.8 Å². The van der Waals surface area contributed by atoms with Crippen molar-refractivity contribution in [2.24, 2.45) is 0 Å². The third-order valence-corrected chi connectivity index (χ3v) is 4.09. The zero-order valence-corrected chi connectivity index (χ0v) is 14.9. The lowest BCUT2D eigenvalue weighted by Gasteiger charge is -2.12. The lowest BCUT2D eigenvalue weighted by atomic mass is 10.1. The summed E-state index contributed by atoms with van der Waals surface area (Å²) in [7, 11) is 0. The minimum atomic E-state index is -4.61. The number of rotatable bonds is 5. The van der Waals surface area contributed by atoms with E-state index in [-0.39, 0.29) is 5.75 Å². The molecule has 0 aliphatic rings. The van der Waals surface area contributed by atoms with Crippen LogP contribution in [0.5, 0.6) is 11.5 Å². The molecule has 1 atom stereocenters. The van der Waals surface area contributed by atoms with E-state index in [0.29, 0.717) is 17.1 Å². The number of ether oxygens (including phenoxy) is 1. The van der Waals surface area contributed by atoms with Gasteiger partial charge in [0.15, 0.2) is 0 Å². The van der Waals surface area contributed by atoms with Crippen LogP contribution in [0.4, 0.5) is 13.2 Å². The number of nitriles is 1. The summed E-state index contributed by atoms with van der Waals surface area (Å²) >= 11 is 0. The molecular formula is C21H15F3N2O3. The van der Waals surface area contributed by atoms with Crippen LogP contribution < -0.4 is 4.74 Å². The Balaban J connectivity index is 1.81. The van der Waals surface area contributed by atoms with E-state index >= 15 is 0 Å². The van der Waals surface area contributed by atoms with Crippen molar-refractivity contribution in [2.75, 3.05) is 6.61 Å². The maximum atomic E-state index is 12.9. The van der Waals surface area contributed by atoms with E-state index in [9.17, 15) is 18.3 Å². The van der Waals surface area contributed by atoms with Gasteiger partial charge in [0.2, 0.25) is 0 Å². The van der Waals surface area contributed by atoms with Gasteiger partial charge in [-0.3, -0.25) is 0 Å². The Kier molecular flexibility index (Phi) is 5.82.